The van der Waals surface area contributed by atoms with Crippen LogP contribution in [0.5, 0.6) is 0 Å². The van der Waals surface area contributed by atoms with Crippen LogP contribution in [-0.4, -0.2) is 64.1 Å². The third-order valence-electron chi connectivity index (χ3n) is 3.83. The van der Waals surface area contributed by atoms with Gasteiger partial charge in [-0.3, -0.25) is 4.90 Å². The lowest BCUT2D eigenvalue weighted by atomic mass is 9.98. The lowest BCUT2D eigenvalue weighted by Gasteiger charge is -2.33. The van der Waals surface area contributed by atoms with Crippen LogP contribution in [0.2, 0.25) is 0 Å². The van der Waals surface area contributed by atoms with E-state index in [0.717, 1.165) is 26.3 Å². The highest BCUT2D eigenvalue weighted by molar-refractivity contribution is 4.78. The summed E-state index contributed by atoms with van der Waals surface area (Å²) >= 11 is 0. The summed E-state index contributed by atoms with van der Waals surface area (Å²) in [7, 11) is 3.53. The van der Waals surface area contributed by atoms with E-state index in [2.05, 4.69) is 17.1 Å². The summed E-state index contributed by atoms with van der Waals surface area (Å²) in [5.74, 6) is 0. The molecule has 4 nitrogen and oxygen atoms in total. The van der Waals surface area contributed by atoms with Crippen molar-refractivity contribution in [2.45, 2.75) is 44.7 Å². The molecule has 1 fully saturated rings. The van der Waals surface area contributed by atoms with E-state index in [1.807, 2.05) is 0 Å². The van der Waals surface area contributed by atoms with Crippen molar-refractivity contribution in [2.24, 2.45) is 0 Å². The number of nitrogens with one attached hydrogen (secondary N) is 1. The van der Waals surface area contributed by atoms with Crippen LogP contribution < -0.4 is 5.32 Å². The van der Waals surface area contributed by atoms with Crippen LogP contribution in [0.4, 0.5) is 0 Å². The Hall–Kier alpha value is -0.160. The maximum absolute atomic E-state index is 5.19. The van der Waals surface area contributed by atoms with Crippen molar-refractivity contribution >= 4 is 0 Å². The molecule has 0 radical (unpaired) electrons. The first-order valence-electron chi connectivity index (χ1n) is 7.23. The van der Waals surface area contributed by atoms with Crippen LogP contribution in [0, 0.1) is 0 Å². The van der Waals surface area contributed by atoms with Gasteiger partial charge in [-0.25, -0.2) is 0 Å². The Bertz CT molecular complexity index is 188. The maximum atomic E-state index is 5.19. The monoisotopic (exact) mass is 258 g/mol. The Kier molecular flexibility index (Phi) is 8.59. The van der Waals surface area contributed by atoms with Crippen molar-refractivity contribution in [1.29, 1.82) is 0 Å². The third kappa shape index (κ3) is 6.14. The Morgan fingerprint density at radius 1 is 1.17 bits per heavy atom. The second kappa shape index (κ2) is 9.73. The van der Waals surface area contributed by atoms with Crippen molar-refractivity contribution < 1.29 is 9.47 Å². The molecule has 1 aliphatic heterocycles. The second-order valence-corrected chi connectivity index (χ2v) is 5.25. The van der Waals surface area contributed by atoms with Crippen molar-refractivity contribution in [3.05, 3.63) is 0 Å². The number of hydrogen-bond donors (Lipinski definition) is 1. The van der Waals surface area contributed by atoms with E-state index < -0.39 is 0 Å². The van der Waals surface area contributed by atoms with E-state index in [9.17, 15) is 0 Å². The molecule has 0 aromatic carbocycles. The molecular weight excluding hydrogens is 228 g/mol. The molecule has 0 bridgehead atoms. The van der Waals surface area contributed by atoms with E-state index in [-0.39, 0.29) is 0 Å². The molecule has 2 atom stereocenters. The number of nitrogens with zero attached hydrogens (tertiary/aromatic N) is 1. The summed E-state index contributed by atoms with van der Waals surface area (Å²) in [4.78, 5) is 2.48. The van der Waals surface area contributed by atoms with Gasteiger partial charge < -0.3 is 14.8 Å². The number of methoxy groups -OCH3 is 2. The fourth-order valence-electron chi connectivity index (χ4n) is 2.66. The lowest BCUT2D eigenvalue weighted by molar-refractivity contribution is 0.0846. The fourth-order valence-corrected chi connectivity index (χ4v) is 2.66. The largest absolute Gasteiger partial charge is 0.383 e. The van der Waals surface area contributed by atoms with Crippen molar-refractivity contribution in [3.8, 4) is 0 Å². The van der Waals surface area contributed by atoms with E-state index in [4.69, 9.17) is 9.47 Å². The molecule has 1 saturated heterocycles. The quantitative estimate of drug-likeness (QED) is 0.679. The first-order valence-corrected chi connectivity index (χ1v) is 7.23. The highest BCUT2D eigenvalue weighted by Gasteiger charge is 2.20. The molecule has 0 saturated carbocycles. The number of hydrogen-bond acceptors (Lipinski definition) is 4. The zero-order chi connectivity index (χ0) is 13.2. The number of rotatable bonds is 9. The van der Waals surface area contributed by atoms with Gasteiger partial charge in [0.05, 0.1) is 13.2 Å². The minimum Gasteiger partial charge on any atom is -0.383 e. The van der Waals surface area contributed by atoms with Gasteiger partial charge in [-0.1, -0.05) is 6.42 Å². The van der Waals surface area contributed by atoms with Gasteiger partial charge in [-0.15, -0.1) is 0 Å². The topological polar surface area (TPSA) is 33.7 Å². The van der Waals surface area contributed by atoms with Crippen LogP contribution in [0.3, 0.4) is 0 Å². The zero-order valence-corrected chi connectivity index (χ0v) is 12.3. The molecule has 1 aliphatic rings. The van der Waals surface area contributed by atoms with Gasteiger partial charge in [-0.2, -0.15) is 0 Å². The Morgan fingerprint density at radius 2 is 1.83 bits per heavy atom. The van der Waals surface area contributed by atoms with E-state index in [1.165, 1.54) is 32.2 Å². The van der Waals surface area contributed by atoms with Gasteiger partial charge in [0, 0.05) is 39.4 Å². The maximum Gasteiger partial charge on any atom is 0.0589 e. The van der Waals surface area contributed by atoms with Gasteiger partial charge in [0.15, 0.2) is 0 Å². The van der Waals surface area contributed by atoms with E-state index in [1.54, 1.807) is 14.2 Å². The fraction of sp³-hybridized carbons (Fsp3) is 1.00. The molecule has 0 amide bonds. The van der Waals surface area contributed by atoms with Crippen LogP contribution in [-0.2, 0) is 9.47 Å². The zero-order valence-electron chi connectivity index (χ0n) is 12.3. The highest BCUT2D eigenvalue weighted by Crippen LogP contribution is 2.15. The standard InChI is InChI=1S/C14H30N2O2/c1-13(12-14-6-4-5-7-15-14)16(8-10-17-2)9-11-18-3/h13-15H,4-12H2,1-3H3. The summed E-state index contributed by atoms with van der Waals surface area (Å²) in [5, 5.41) is 3.63. The normalized spacial score (nSPS) is 22.3. The minimum absolute atomic E-state index is 0.589. The summed E-state index contributed by atoms with van der Waals surface area (Å²) in [6.07, 6.45) is 5.27. The molecule has 0 spiro atoms. The third-order valence-corrected chi connectivity index (χ3v) is 3.83. The molecule has 0 aromatic rings. The molecule has 108 valence electrons. The van der Waals surface area contributed by atoms with Crippen LogP contribution >= 0.6 is 0 Å². The average molecular weight is 258 g/mol. The van der Waals surface area contributed by atoms with Gasteiger partial charge in [0.1, 0.15) is 0 Å². The summed E-state index contributed by atoms with van der Waals surface area (Å²) in [6, 6.07) is 1.28. The number of ether oxygens (including phenoxy) is 2. The molecular formula is C14H30N2O2. The van der Waals surface area contributed by atoms with Gasteiger partial charge in [-0.05, 0) is 32.7 Å². The van der Waals surface area contributed by atoms with Crippen LogP contribution in [0.1, 0.15) is 32.6 Å². The molecule has 0 aliphatic carbocycles. The van der Waals surface area contributed by atoms with Gasteiger partial charge in [0.25, 0.3) is 0 Å². The van der Waals surface area contributed by atoms with Crippen LogP contribution in [0.25, 0.3) is 0 Å². The first kappa shape index (κ1) is 15.9. The predicted octanol–water partition coefficient (Wildman–Crippen LogP) is 1.50. The minimum atomic E-state index is 0.589. The van der Waals surface area contributed by atoms with Crippen molar-refractivity contribution in [3.63, 3.8) is 0 Å². The Balaban J connectivity index is 2.33. The average Bonchev–Trinajstić information content (AvgIpc) is 2.40. The highest BCUT2D eigenvalue weighted by atomic mass is 16.5. The van der Waals surface area contributed by atoms with Crippen LogP contribution in [0.15, 0.2) is 0 Å². The summed E-state index contributed by atoms with van der Waals surface area (Å²) < 4.78 is 10.4. The second-order valence-electron chi connectivity index (χ2n) is 5.25. The molecule has 2 unspecified atom stereocenters. The first-order chi connectivity index (χ1) is 8.77. The Labute approximate surface area is 112 Å². The van der Waals surface area contributed by atoms with Gasteiger partial charge >= 0.3 is 0 Å². The predicted molar refractivity (Wildman–Crippen MR) is 75.0 cm³/mol. The number of piperidine rings is 1. The summed E-state index contributed by atoms with van der Waals surface area (Å²) in [6.45, 7) is 7.09. The van der Waals surface area contributed by atoms with Crippen molar-refractivity contribution in [2.75, 3.05) is 47.1 Å². The Morgan fingerprint density at radius 3 is 2.33 bits per heavy atom. The van der Waals surface area contributed by atoms with Crippen molar-refractivity contribution in [1.82, 2.24) is 10.2 Å². The van der Waals surface area contributed by atoms with E-state index in [0.29, 0.717) is 12.1 Å². The SMILES string of the molecule is COCCN(CCOC)C(C)CC1CCCCN1. The molecule has 1 heterocycles. The summed E-state index contributed by atoms with van der Waals surface area (Å²) in [5.41, 5.74) is 0. The molecule has 1 N–H and O–H groups in total. The molecule has 4 heteroatoms. The van der Waals surface area contributed by atoms with E-state index >= 15 is 0 Å². The smallest absolute Gasteiger partial charge is 0.0589 e. The molecule has 0 aromatic heterocycles. The van der Waals surface area contributed by atoms with Gasteiger partial charge in [0.2, 0.25) is 0 Å². The molecule has 1 rings (SSSR count). The lowest BCUT2D eigenvalue weighted by Crippen LogP contribution is -2.44. The molecule has 18 heavy (non-hydrogen) atoms.